The van der Waals surface area contributed by atoms with Gasteiger partial charge in [-0.2, -0.15) is 12.6 Å². The Kier molecular flexibility index (Phi) is 7.37. The van der Waals surface area contributed by atoms with Crippen LogP contribution in [0, 0.1) is 0 Å². The summed E-state index contributed by atoms with van der Waals surface area (Å²) in [6.07, 6.45) is 8.03. The van der Waals surface area contributed by atoms with Gasteiger partial charge < -0.3 is 0 Å². The highest BCUT2D eigenvalue weighted by Gasteiger charge is 1.87. The van der Waals surface area contributed by atoms with Crippen LogP contribution in [-0.2, 0) is 0 Å². The summed E-state index contributed by atoms with van der Waals surface area (Å²) in [5.41, 5.74) is 2.88. The fourth-order valence-corrected chi connectivity index (χ4v) is 1.11. The molecule has 0 aromatic heterocycles. The quantitative estimate of drug-likeness (QED) is 0.484. The van der Waals surface area contributed by atoms with Crippen molar-refractivity contribution in [1.82, 2.24) is 0 Å². The lowest BCUT2D eigenvalue weighted by atomic mass is 10.1. The Balaban J connectivity index is 3.61. The predicted octanol–water partition coefficient (Wildman–Crippen LogP) is 4.00. The maximum atomic E-state index is 4.18. The second kappa shape index (κ2) is 7.48. The summed E-state index contributed by atoms with van der Waals surface area (Å²) in [5.74, 6) is 0.994. The van der Waals surface area contributed by atoms with Gasteiger partial charge in [0.15, 0.2) is 0 Å². The largest absolute Gasteiger partial charge is 0.179 e. The first-order valence-electron chi connectivity index (χ1n) is 4.56. The molecule has 0 spiro atoms. The van der Waals surface area contributed by atoms with Crippen LogP contribution in [0.4, 0.5) is 0 Å². The highest BCUT2D eigenvalue weighted by Crippen LogP contribution is 2.06. The minimum absolute atomic E-state index is 0.994. The Morgan fingerprint density at radius 1 is 1.17 bits per heavy atom. The molecule has 0 bridgehead atoms. The fraction of sp³-hybridized carbons (Fsp3) is 0.636. The van der Waals surface area contributed by atoms with Crippen molar-refractivity contribution in [3.63, 3.8) is 0 Å². The van der Waals surface area contributed by atoms with E-state index in [1.165, 1.54) is 24.0 Å². The maximum absolute atomic E-state index is 4.18. The van der Waals surface area contributed by atoms with Crippen molar-refractivity contribution in [2.24, 2.45) is 0 Å². The number of rotatable bonds is 5. The monoisotopic (exact) mass is 184 g/mol. The molecule has 70 valence electrons. The summed E-state index contributed by atoms with van der Waals surface area (Å²) in [6, 6.07) is 0. The van der Waals surface area contributed by atoms with Gasteiger partial charge in [-0.05, 0) is 45.8 Å². The SMILES string of the molecule is CC(C)=CCC=C(C)CCCS. The van der Waals surface area contributed by atoms with Gasteiger partial charge >= 0.3 is 0 Å². The summed E-state index contributed by atoms with van der Waals surface area (Å²) in [6.45, 7) is 6.47. The van der Waals surface area contributed by atoms with E-state index in [1.54, 1.807) is 0 Å². The summed E-state index contributed by atoms with van der Waals surface area (Å²) < 4.78 is 0. The number of thiol groups is 1. The van der Waals surface area contributed by atoms with Crippen LogP contribution < -0.4 is 0 Å². The summed E-state index contributed by atoms with van der Waals surface area (Å²) >= 11 is 4.18. The molecule has 0 saturated carbocycles. The zero-order valence-electron chi connectivity index (χ0n) is 8.43. The van der Waals surface area contributed by atoms with E-state index < -0.39 is 0 Å². The fourth-order valence-electron chi connectivity index (χ4n) is 0.956. The van der Waals surface area contributed by atoms with Crippen molar-refractivity contribution in [3.05, 3.63) is 23.3 Å². The van der Waals surface area contributed by atoms with E-state index in [1.807, 2.05) is 0 Å². The van der Waals surface area contributed by atoms with Gasteiger partial charge in [-0.3, -0.25) is 0 Å². The highest BCUT2D eigenvalue weighted by molar-refractivity contribution is 7.80. The summed E-state index contributed by atoms with van der Waals surface area (Å²) in [7, 11) is 0. The van der Waals surface area contributed by atoms with Crippen LogP contribution in [0.5, 0.6) is 0 Å². The maximum Gasteiger partial charge on any atom is -0.00949 e. The summed E-state index contributed by atoms with van der Waals surface area (Å²) in [5, 5.41) is 0. The van der Waals surface area contributed by atoms with Crippen molar-refractivity contribution >= 4 is 12.6 Å². The van der Waals surface area contributed by atoms with Gasteiger partial charge in [0.1, 0.15) is 0 Å². The molecule has 0 aliphatic rings. The van der Waals surface area contributed by atoms with Gasteiger partial charge in [-0.15, -0.1) is 0 Å². The zero-order chi connectivity index (χ0) is 9.40. The molecule has 0 atom stereocenters. The van der Waals surface area contributed by atoms with Crippen LogP contribution in [0.1, 0.15) is 40.0 Å². The molecule has 0 N–H and O–H groups in total. The lowest BCUT2D eigenvalue weighted by molar-refractivity contribution is 0.912. The van der Waals surface area contributed by atoms with Gasteiger partial charge in [-0.1, -0.05) is 23.3 Å². The number of allylic oxidation sites excluding steroid dienone is 4. The number of hydrogen-bond acceptors (Lipinski definition) is 1. The highest BCUT2D eigenvalue weighted by atomic mass is 32.1. The van der Waals surface area contributed by atoms with Crippen molar-refractivity contribution in [1.29, 1.82) is 0 Å². The molecule has 0 heterocycles. The van der Waals surface area contributed by atoms with E-state index in [-0.39, 0.29) is 0 Å². The van der Waals surface area contributed by atoms with Crippen LogP contribution in [0.3, 0.4) is 0 Å². The lowest BCUT2D eigenvalue weighted by Gasteiger charge is -1.97. The van der Waals surface area contributed by atoms with Crippen LogP contribution in [-0.4, -0.2) is 5.75 Å². The first-order chi connectivity index (χ1) is 5.66. The third kappa shape index (κ3) is 7.93. The van der Waals surface area contributed by atoms with Crippen LogP contribution in [0.2, 0.25) is 0 Å². The molecule has 0 radical (unpaired) electrons. The average molecular weight is 184 g/mol. The number of hydrogen-bond donors (Lipinski definition) is 1. The van der Waals surface area contributed by atoms with E-state index >= 15 is 0 Å². The molecule has 0 nitrogen and oxygen atoms in total. The van der Waals surface area contributed by atoms with Gasteiger partial charge in [-0.25, -0.2) is 0 Å². The Bertz CT molecular complexity index is 162. The van der Waals surface area contributed by atoms with Crippen LogP contribution in [0.25, 0.3) is 0 Å². The molecule has 0 fully saturated rings. The van der Waals surface area contributed by atoms with E-state index in [4.69, 9.17) is 0 Å². The van der Waals surface area contributed by atoms with Crippen LogP contribution >= 0.6 is 12.6 Å². The molecule has 0 aromatic rings. The van der Waals surface area contributed by atoms with Gasteiger partial charge in [0.25, 0.3) is 0 Å². The smallest absolute Gasteiger partial charge is 0.00949 e. The summed E-state index contributed by atoms with van der Waals surface area (Å²) in [4.78, 5) is 0. The van der Waals surface area contributed by atoms with Gasteiger partial charge in [0.2, 0.25) is 0 Å². The first-order valence-corrected chi connectivity index (χ1v) is 5.20. The first kappa shape index (κ1) is 11.8. The van der Waals surface area contributed by atoms with Crippen molar-refractivity contribution in [2.75, 3.05) is 5.75 Å². The van der Waals surface area contributed by atoms with Crippen molar-refractivity contribution in [3.8, 4) is 0 Å². The molecule has 0 amide bonds. The Labute approximate surface area is 82.2 Å². The lowest BCUT2D eigenvalue weighted by Crippen LogP contribution is -1.79. The molecule has 0 rings (SSSR count). The molecule has 1 heteroatoms. The van der Waals surface area contributed by atoms with Crippen molar-refractivity contribution < 1.29 is 0 Å². The Hall–Kier alpha value is -0.170. The van der Waals surface area contributed by atoms with E-state index in [2.05, 4.69) is 45.6 Å². The predicted molar refractivity (Wildman–Crippen MR) is 60.9 cm³/mol. The molecule has 0 saturated heterocycles. The van der Waals surface area contributed by atoms with Gasteiger partial charge in [0, 0.05) is 0 Å². The second-order valence-corrected chi connectivity index (χ2v) is 3.84. The zero-order valence-corrected chi connectivity index (χ0v) is 9.32. The molecule has 0 aliphatic heterocycles. The standard InChI is InChI=1S/C11H20S/c1-10(2)6-4-7-11(3)8-5-9-12/h6-7,12H,4-5,8-9H2,1-3H3. The third-order valence-electron chi connectivity index (χ3n) is 1.72. The Morgan fingerprint density at radius 3 is 2.33 bits per heavy atom. The molecule has 0 aromatic carbocycles. The van der Waals surface area contributed by atoms with E-state index in [9.17, 15) is 0 Å². The van der Waals surface area contributed by atoms with E-state index in [0.717, 1.165) is 12.2 Å². The van der Waals surface area contributed by atoms with E-state index in [0.29, 0.717) is 0 Å². The minimum atomic E-state index is 0.994. The minimum Gasteiger partial charge on any atom is -0.179 e. The Morgan fingerprint density at radius 2 is 1.83 bits per heavy atom. The van der Waals surface area contributed by atoms with Crippen molar-refractivity contribution in [2.45, 2.75) is 40.0 Å². The normalized spacial score (nSPS) is 11.5. The molecular formula is C11H20S. The molecular weight excluding hydrogens is 164 g/mol. The van der Waals surface area contributed by atoms with Gasteiger partial charge in [0.05, 0.1) is 0 Å². The molecule has 0 aliphatic carbocycles. The third-order valence-corrected chi connectivity index (χ3v) is 2.04. The second-order valence-electron chi connectivity index (χ2n) is 3.39. The molecule has 0 unspecified atom stereocenters. The van der Waals surface area contributed by atoms with Crippen LogP contribution in [0.15, 0.2) is 23.3 Å². The molecule has 12 heavy (non-hydrogen) atoms. The topological polar surface area (TPSA) is 0 Å². The average Bonchev–Trinajstić information content (AvgIpc) is 2.00.